The lowest BCUT2D eigenvalue weighted by molar-refractivity contribution is 0.855. The van der Waals surface area contributed by atoms with E-state index in [2.05, 4.69) is 9.97 Å². The zero-order chi connectivity index (χ0) is 9.80. The Hall–Kier alpha value is -1.74. The molecule has 0 aromatic carbocycles. The first-order chi connectivity index (χ1) is 6.88. The second-order valence-electron chi connectivity index (χ2n) is 3.05. The molecular weight excluding hydrogens is 174 g/mol. The fraction of sp³-hybridized carbons (Fsp3) is 0.0909. The van der Waals surface area contributed by atoms with Crippen molar-refractivity contribution < 1.29 is 0 Å². The molecule has 2 rings (SSSR count). The van der Waals surface area contributed by atoms with Gasteiger partial charge in [0.15, 0.2) is 0 Å². The van der Waals surface area contributed by atoms with Crippen molar-refractivity contribution in [3.05, 3.63) is 60.2 Å². The fourth-order valence-corrected chi connectivity index (χ4v) is 1.31. The maximum Gasteiger partial charge on any atom is 0.0582 e. The molecule has 2 aromatic rings. The van der Waals surface area contributed by atoms with Crippen molar-refractivity contribution in [1.29, 1.82) is 0 Å². The van der Waals surface area contributed by atoms with Crippen LogP contribution in [0.3, 0.4) is 0 Å². The molecule has 0 spiro atoms. The Kier molecular flexibility index (Phi) is 2.51. The monoisotopic (exact) mass is 185 g/mol. The summed E-state index contributed by atoms with van der Waals surface area (Å²) in [4.78, 5) is 8.06. The van der Waals surface area contributed by atoms with Crippen molar-refractivity contribution in [1.82, 2.24) is 9.97 Å². The van der Waals surface area contributed by atoms with Gasteiger partial charge in [0.25, 0.3) is 0 Å². The number of nitrogens with zero attached hydrogens (tertiary/aromatic N) is 2. The summed E-state index contributed by atoms with van der Waals surface area (Å²) < 4.78 is 0. The zero-order valence-electron chi connectivity index (χ0n) is 7.67. The van der Waals surface area contributed by atoms with Crippen LogP contribution < -0.4 is 5.73 Å². The maximum atomic E-state index is 6.04. The minimum absolute atomic E-state index is 0.141. The van der Waals surface area contributed by atoms with Crippen molar-refractivity contribution in [2.75, 3.05) is 0 Å². The van der Waals surface area contributed by atoms with Crippen LogP contribution in [0.15, 0.2) is 49.1 Å². The van der Waals surface area contributed by atoms with Crippen molar-refractivity contribution in [2.45, 2.75) is 6.04 Å². The highest BCUT2D eigenvalue weighted by Gasteiger charge is 2.07. The molecule has 0 aliphatic rings. The van der Waals surface area contributed by atoms with Crippen LogP contribution in [0.5, 0.6) is 0 Å². The molecule has 3 nitrogen and oxygen atoms in total. The highest BCUT2D eigenvalue weighted by molar-refractivity contribution is 5.26. The van der Waals surface area contributed by atoms with E-state index in [0.717, 1.165) is 11.1 Å². The summed E-state index contributed by atoms with van der Waals surface area (Å²) in [7, 11) is 0. The Morgan fingerprint density at radius 2 is 1.43 bits per heavy atom. The molecule has 0 aliphatic heterocycles. The minimum Gasteiger partial charge on any atom is -0.320 e. The molecule has 70 valence electrons. The van der Waals surface area contributed by atoms with Gasteiger partial charge in [-0.1, -0.05) is 12.1 Å². The average molecular weight is 185 g/mol. The van der Waals surface area contributed by atoms with Gasteiger partial charge in [-0.25, -0.2) is 0 Å². The third-order valence-corrected chi connectivity index (χ3v) is 2.09. The lowest BCUT2D eigenvalue weighted by Gasteiger charge is -2.10. The van der Waals surface area contributed by atoms with Crippen molar-refractivity contribution in [3.63, 3.8) is 0 Å². The Bertz CT molecular complexity index is 346. The normalized spacial score (nSPS) is 10.4. The molecular formula is C11H11N3. The molecule has 0 fully saturated rings. The molecule has 2 N–H and O–H groups in total. The largest absolute Gasteiger partial charge is 0.320 e. The molecule has 0 atom stereocenters. The van der Waals surface area contributed by atoms with E-state index in [-0.39, 0.29) is 6.04 Å². The predicted molar refractivity (Wildman–Crippen MR) is 54.5 cm³/mol. The quantitative estimate of drug-likeness (QED) is 0.771. The standard InChI is InChI=1S/C11H11N3/c12-11(9-3-1-5-13-7-9)10-4-2-6-14-8-10/h1-8,11H,12H2. The van der Waals surface area contributed by atoms with Crippen molar-refractivity contribution >= 4 is 0 Å². The maximum absolute atomic E-state index is 6.04. The van der Waals surface area contributed by atoms with Gasteiger partial charge in [0.05, 0.1) is 6.04 Å². The molecule has 3 heteroatoms. The van der Waals surface area contributed by atoms with Gasteiger partial charge in [-0.2, -0.15) is 0 Å². The second-order valence-corrected chi connectivity index (χ2v) is 3.05. The molecule has 14 heavy (non-hydrogen) atoms. The van der Waals surface area contributed by atoms with Crippen molar-refractivity contribution in [2.24, 2.45) is 5.73 Å². The molecule has 2 aromatic heterocycles. The van der Waals surface area contributed by atoms with Crippen LogP contribution >= 0.6 is 0 Å². The number of hydrogen-bond donors (Lipinski definition) is 1. The van der Waals surface area contributed by atoms with E-state index in [1.807, 2.05) is 24.3 Å². The molecule has 0 aliphatic carbocycles. The Morgan fingerprint density at radius 3 is 1.79 bits per heavy atom. The highest BCUT2D eigenvalue weighted by Crippen LogP contribution is 2.16. The number of nitrogens with two attached hydrogens (primary N) is 1. The molecule has 0 amide bonds. The summed E-state index contributed by atoms with van der Waals surface area (Å²) in [6, 6.07) is 7.55. The Balaban J connectivity index is 2.30. The van der Waals surface area contributed by atoms with Crippen LogP contribution in [0, 0.1) is 0 Å². The lowest BCUT2D eigenvalue weighted by atomic mass is 10.0. The van der Waals surface area contributed by atoms with Gasteiger partial charge in [0.1, 0.15) is 0 Å². The Morgan fingerprint density at radius 1 is 0.929 bits per heavy atom. The molecule has 0 unspecified atom stereocenters. The summed E-state index contributed by atoms with van der Waals surface area (Å²) in [6.45, 7) is 0. The van der Waals surface area contributed by atoms with Gasteiger partial charge in [-0.05, 0) is 23.3 Å². The number of pyridine rings is 2. The summed E-state index contributed by atoms with van der Waals surface area (Å²) in [5.41, 5.74) is 8.04. The third-order valence-electron chi connectivity index (χ3n) is 2.09. The number of hydrogen-bond acceptors (Lipinski definition) is 3. The number of aromatic nitrogens is 2. The molecule has 2 heterocycles. The molecule has 0 radical (unpaired) electrons. The topological polar surface area (TPSA) is 51.8 Å². The van der Waals surface area contributed by atoms with Crippen LogP contribution in [-0.4, -0.2) is 9.97 Å². The summed E-state index contributed by atoms with van der Waals surface area (Å²) >= 11 is 0. The van der Waals surface area contributed by atoms with E-state index in [4.69, 9.17) is 5.73 Å². The van der Waals surface area contributed by atoms with Crippen LogP contribution in [0.4, 0.5) is 0 Å². The zero-order valence-corrected chi connectivity index (χ0v) is 7.67. The SMILES string of the molecule is NC(c1cccnc1)c1cccnc1. The first-order valence-corrected chi connectivity index (χ1v) is 4.43. The molecule has 0 bridgehead atoms. The van der Waals surface area contributed by atoms with E-state index in [1.165, 1.54) is 0 Å². The minimum atomic E-state index is -0.141. The van der Waals surface area contributed by atoms with E-state index < -0.39 is 0 Å². The van der Waals surface area contributed by atoms with Gasteiger partial charge in [0, 0.05) is 24.8 Å². The van der Waals surface area contributed by atoms with E-state index in [9.17, 15) is 0 Å². The third kappa shape index (κ3) is 1.78. The van der Waals surface area contributed by atoms with Crippen LogP contribution in [0.25, 0.3) is 0 Å². The fourth-order valence-electron chi connectivity index (χ4n) is 1.31. The molecule has 0 saturated heterocycles. The first kappa shape index (κ1) is 8.84. The summed E-state index contributed by atoms with van der Waals surface area (Å²) in [5.74, 6) is 0. The van der Waals surface area contributed by atoms with Crippen LogP contribution in [0.1, 0.15) is 17.2 Å². The summed E-state index contributed by atoms with van der Waals surface area (Å²) in [5, 5.41) is 0. The predicted octanol–water partition coefficient (Wildman–Crippen LogP) is 1.52. The van der Waals surface area contributed by atoms with Gasteiger partial charge in [0.2, 0.25) is 0 Å². The summed E-state index contributed by atoms with van der Waals surface area (Å²) in [6.07, 6.45) is 7.02. The first-order valence-electron chi connectivity index (χ1n) is 4.43. The van der Waals surface area contributed by atoms with Crippen LogP contribution in [-0.2, 0) is 0 Å². The van der Waals surface area contributed by atoms with Gasteiger partial charge in [-0.3, -0.25) is 9.97 Å². The van der Waals surface area contributed by atoms with Gasteiger partial charge in [-0.15, -0.1) is 0 Å². The smallest absolute Gasteiger partial charge is 0.0582 e. The molecule has 0 saturated carbocycles. The highest BCUT2D eigenvalue weighted by atomic mass is 14.7. The number of rotatable bonds is 2. The van der Waals surface area contributed by atoms with Crippen molar-refractivity contribution in [3.8, 4) is 0 Å². The van der Waals surface area contributed by atoms with Gasteiger partial charge >= 0.3 is 0 Å². The van der Waals surface area contributed by atoms with E-state index >= 15 is 0 Å². The van der Waals surface area contributed by atoms with Crippen LogP contribution in [0.2, 0.25) is 0 Å². The second kappa shape index (κ2) is 3.98. The van der Waals surface area contributed by atoms with E-state index in [0.29, 0.717) is 0 Å². The lowest BCUT2D eigenvalue weighted by Crippen LogP contribution is -2.11. The average Bonchev–Trinajstić information content (AvgIpc) is 2.30. The van der Waals surface area contributed by atoms with Gasteiger partial charge < -0.3 is 5.73 Å². The Labute approximate surface area is 82.6 Å². The van der Waals surface area contributed by atoms with E-state index in [1.54, 1.807) is 24.8 Å².